The molecule has 3 aromatic rings. The highest BCUT2D eigenvalue weighted by Crippen LogP contribution is 2.39. The zero-order valence-corrected chi connectivity index (χ0v) is 21.6. The van der Waals surface area contributed by atoms with Gasteiger partial charge in [0.2, 0.25) is 11.8 Å². The number of benzene rings is 3. The monoisotopic (exact) mass is 549 g/mol. The topological polar surface area (TPSA) is 95.6 Å². The van der Waals surface area contributed by atoms with Crippen LogP contribution in [0.3, 0.4) is 0 Å². The maximum absolute atomic E-state index is 14.2. The second-order valence-corrected chi connectivity index (χ2v) is 11.1. The highest BCUT2D eigenvalue weighted by atomic mass is 35.5. The number of hydrogen-bond donors (Lipinski definition) is 2. The second kappa shape index (κ2) is 10.1. The number of sulfonamides is 1. The maximum atomic E-state index is 14.2. The third-order valence-electron chi connectivity index (χ3n) is 5.82. The summed E-state index contributed by atoms with van der Waals surface area (Å²) in [5.74, 6) is -1.96. The fourth-order valence-electron chi connectivity index (χ4n) is 3.94. The van der Waals surface area contributed by atoms with E-state index in [0.29, 0.717) is 21.2 Å². The molecule has 3 aromatic carbocycles. The number of amides is 2. The van der Waals surface area contributed by atoms with Crippen molar-refractivity contribution in [1.82, 2.24) is 5.32 Å². The Bertz CT molecular complexity index is 1460. The first-order chi connectivity index (χ1) is 17.0. The first-order valence-electron chi connectivity index (χ1n) is 10.9. The first kappa shape index (κ1) is 25.9. The molecule has 7 nitrogen and oxygen atoms in total. The SMILES string of the molecule is Cc1cc(S(=O)(=O)N2c3cc(F)ccc3NC(=O)C2CC(=O)NCc2ccc(Cl)cc2)c(C)cc1Cl. The van der Waals surface area contributed by atoms with Crippen molar-refractivity contribution in [2.45, 2.75) is 37.8 Å². The summed E-state index contributed by atoms with van der Waals surface area (Å²) in [6.07, 6.45) is -0.486. The van der Waals surface area contributed by atoms with E-state index < -0.39 is 40.1 Å². The predicted octanol–water partition coefficient (Wildman–Crippen LogP) is 4.97. The summed E-state index contributed by atoms with van der Waals surface area (Å²) in [5, 5.41) is 6.20. The molecule has 11 heteroatoms. The van der Waals surface area contributed by atoms with Gasteiger partial charge in [0, 0.05) is 22.7 Å². The van der Waals surface area contributed by atoms with Gasteiger partial charge in [-0.15, -0.1) is 0 Å². The predicted molar refractivity (Wildman–Crippen MR) is 137 cm³/mol. The fourth-order valence-corrected chi connectivity index (χ4v) is 6.21. The van der Waals surface area contributed by atoms with Crippen LogP contribution in [-0.2, 0) is 26.2 Å². The number of aryl methyl sites for hydroxylation is 2. The number of carbonyl (C=O) groups is 2. The Morgan fingerprint density at radius 1 is 1.06 bits per heavy atom. The van der Waals surface area contributed by atoms with Gasteiger partial charge in [0.15, 0.2) is 0 Å². The van der Waals surface area contributed by atoms with E-state index in [1.807, 2.05) is 0 Å². The highest BCUT2D eigenvalue weighted by molar-refractivity contribution is 7.93. The molecule has 4 rings (SSSR count). The van der Waals surface area contributed by atoms with Gasteiger partial charge in [-0.25, -0.2) is 12.8 Å². The maximum Gasteiger partial charge on any atom is 0.265 e. The van der Waals surface area contributed by atoms with E-state index >= 15 is 0 Å². The molecule has 1 unspecified atom stereocenters. The van der Waals surface area contributed by atoms with Crippen LogP contribution in [0, 0.1) is 19.7 Å². The van der Waals surface area contributed by atoms with Gasteiger partial charge in [-0.2, -0.15) is 0 Å². The zero-order valence-electron chi connectivity index (χ0n) is 19.3. The van der Waals surface area contributed by atoms with E-state index in [1.54, 1.807) is 38.1 Å². The van der Waals surface area contributed by atoms with Crippen molar-refractivity contribution >= 4 is 56.4 Å². The Balaban J connectivity index is 1.72. The van der Waals surface area contributed by atoms with Gasteiger partial charge < -0.3 is 10.6 Å². The van der Waals surface area contributed by atoms with E-state index in [2.05, 4.69) is 10.6 Å². The Kier molecular flexibility index (Phi) is 7.26. The summed E-state index contributed by atoms with van der Waals surface area (Å²) in [4.78, 5) is 25.8. The quantitative estimate of drug-likeness (QED) is 0.453. The van der Waals surface area contributed by atoms with E-state index in [-0.39, 0.29) is 22.8 Å². The number of nitrogens with one attached hydrogen (secondary N) is 2. The Morgan fingerprint density at radius 2 is 1.75 bits per heavy atom. The van der Waals surface area contributed by atoms with Crippen molar-refractivity contribution < 1.29 is 22.4 Å². The van der Waals surface area contributed by atoms with Crippen LogP contribution >= 0.6 is 23.2 Å². The Morgan fingerprint density at radius 3 is 2.44 bits per heavy atom. The molecule has 36 heavy (non-hydrogen) atoms. The number of fused-ring (bicyclic) bond motifs is 1. The minimum absolute atomic E-state index is 0.0721. The third kappa shape index (κ3) is 5.18. The number of nitrogens with zero attached hydrogens (tertiary/aromatic N) is 1. The van der Waals surface area contributed by atoms with Crippen molar-refractivity contribution in [2.75, 3.05) is 9.62 Å². The van der Waals surface area contributed by atoms with Gasteiger partial charge >= 0.3 is 0 Å². The number of anilines is 2. The Hall–Kier alpha value is -3.14. The number of hydrogen-bond acceptors (Lipinski definition) is 4. The van der Waals surface area contributed by atoms with Gasteiger partial charge in [-0.05, 0) is 66.9 Å². The summed E-state index contributed by atoms with van der Waals surface area (Å²) < 4.78 is 42.9. The molecule has 1 atom stereocenters. The molecule has 0 fully saturated rings. The number of halogens is 3. The molecule has 0 saturated heterocycles. The van der Waals surface area contributed by atoms with Crippen LogP contribution in [0.2, 0.25) is 10.0 Å². The molecule has 0 bridgehead atoms. The van der Waals surface area contributed by atoms with Crippen molar-refractivity contribution in [3.05, 3.63) is 87.2 Å². The lowest BCUT2D eigenvalue weighted by Crippen LogP contribution is -2.52. The minimum Gasteiger partial charge on any atom is -0.352 e. The molecule has 0 spiro atoms. The average molecular weight is 550 g/mol. The first-order valence-corrected chi connectivity index (χ1v) is 13.1. The zero-order chi connectivity index (χ0) is 26.2. The van der Waals surface area contributed by atoms with Crippen LogP contribution in [0.5, 0.6) is 0 Å². The summed E-state index contributed by atoms with van der Waals surface area (Å²) in [6, 6.07) is 11.7. The van der Waals surface area contributed by atoms with Crippen molar-refractivity contribution in [2.24, 2.45) is 0 Å². The van der Waals surface area contributed by atoms with E-state index in [1.165, 1.54) is 18.2 Å². The lowest BCUT2D eigenvalue weighted by molar-refractivity contribution is -0.125. The molecule has 1 aliphatic rings. The molecule has 0 radical (unpaired) electrons. The van der Waals surface area contributed by atoms with Gasteiger partial charge in [-0.1, -0.05) is 35.3 Å². The summed E-state index contributed by atoms with van der Waals surface area (Å²) >= 11 is 12.0. The summed E-state index contributed by atoms with van der Waals surface area (Å²) in [6.45, 7) is 3.37. The average Bonchev–Trinajstić information content (AvgIpc) is 2.81. The van der Waals surface area contributed by atoms with Gasteiger partial charge in [0.25, 0.3) is 10.0 Å². The van der Waals surface area contributed by atoms with Gasteiger partial charge in [0.1, 0.15) is 11.9 Å². The standard InChI is InChI=1S/C25H22Cl2FN3O4S/c1-14-10-23(15(2)9-19(14)27)36(34,35)31-21-11-18(28)7-8-20(21)30-25(33)22(31)12-24(32)29-13-16-3-5-17(26)6-4-16/h3-11,22H,12-13H2,1-2H3,(H,29,32)(H,30,33). The molecule has 0 saturated carbocycles. The van der Waals surface area contributed by atoms with Crippen LogP contribution in [0.1, 0.15) is 23.1 Å². The van der Waals surface area contributed by atoms with Crippen LogP contribution in [0.15, 0.2) is 59.5 Å². The number of rotatable bonds is 6. The lowest BCUT2D eigenvalue weighted by Gasteiger charge is -2.37. The van der Waals surface area contributed by atoms with Crippen LogP contribution in [0.25, 0.3) is 0 Å². The minimum atomic E-state index is -4.41. The molecular weight excluding hydrogens is 528 g/mol. The molecular formula is C25H22Cl2FN3O4S. The Labute approximate surface area is 218 Å². The van der Waals surface area contributed by atoms with Crippen LogP contribution in [-0.4, -0.2) is 26.3 Å². The van der Waals surface area contributed by atoms with E-state index in [0.717, 1.165) is 22.0 Å². The molecule has 1 aliphatic heterocycles. The van der Waals surface area contributed by atoms with Gasteiger partial charge in [0.05, 0.1) is 22.7 Å². The van der Waals surface area contributed by atoms with Crippen molar-refractivity contribution in [3.63, 3.8) is 0 Å². The molecule has 1 heterocycles. The summed E-state index contributed by atoms with van der Waals surface area (Å²) in [5.41, 5.74) is 1.67. The van der Waals surface area contributed by atoms with Crippen molar-refractivity contribution in [3.8, 4) is 0 Å². The highest BCUT2D eigenvalue weighted by Gasteiger charge is 2.42. The molecule has 188 valence electrons. The smallest absolute Gasteiger partial charge is 0.265 e. The number of carbonyl (C=O) groups excluding carboxylic acids is 2. The largest absolute Gasteiger partial charge is 0.352 e. The normalized spacial score (nSPS) is 15.3. The lowest BCUT2D eigenvalue weighted by atomic mass is 10.1. The van der Waals surface area contributed by atoms with Gasteiger partial charge in [-0.3, -0.25) is 13.9 Å². The molecule has 0 aromatic heterocycles. The molecule has 2 amide bonds. The van der Waals surface area contributed by atoms with Crippen LogP contribution in [0.4, 0.5) is 15.8 Å². The van der Waals surface area contributed by atoms with E-state index in [9.17, 15) is 22.4 Å². The third-order valence-corrected chi connectivity index (χ3v) is 8.44. The van der Waals surface area contributed by atoms with Crippen molar-refractivity contribution in [1.29, 1.82) is 0 Å². The summed E-state index contributed by atoms with van der Waals surface area (Å²) in [7, 11) is -4.41. The van der Waals surface area contributed by atoms with Crippen LogP contribution < -0.4 is 14.9 Å². The van der Waals surface area contributed by atoms with E-state index in [4.69, 9.17) is 23.2 Å². The fraction of sp³-hybridized carbons (Fsp3) is 0.200. The second-order valence-electron chi connectivity index (χ2n) is 8.44. The molecule has 2 N–H and O–H groups in total. The molecule has 0 aliphatic carbocycles.